The van der Waals surface area contributed by atoms with Crippen LogP contribution in [0.25, 0.3) is 0 Å². The molecule has 0 amide bonds. The van der Waals surface area contributed by atoms with Gasteiger partial charge in [-0.25, -0.2) is 0 Å². The molecule has 1 aliphatic rings. The van der Waals surface area contributed by atoms with Crippen LogP contribution in [-0.4, -0.2) is 36.0 Å². The number of pyridine rings is 1. The average molecular weight is 302 g/mol. The van der Waals surface area contributed by atoms with E-state index in [4.69, 9.17) is 0 Å². The molecule has 2 heterocycles. The zero-order chi connectivity index (χ0) is 16.0. The predicted molar refractivity (Wildman–Crippen MR) is 93.0 cm³/mol. The molecule has 122 valence electrons. The summed E-state index contributed by atoms with van der Waals surface area (Å²) in [6, 6.07) is 4.08. The molecular weight excluding hydrogens is 272 g/mol. The first kappa shape index (κ1) is 16.8. The van der Waals surface area contributed by atoms with Crippen LogP contribution in [0, 0.1) is 12.3 Å². The molecule has 0 aromatic carbocycles. The van der Waals surface area contributed by atoms with E-state index in [1.54, 1.807) is 0 Å². The summed E-state index contributed by atoms with van der Waals surface area (Å²) < 4.78 is 0. The zero-order valence-electron chi connectivity index (χ0n) is 14.5. The molecule has 2 rings (SSSR count). The maximum absolute atomic E-state index is 4.49. The summed E-state index contributed by atoms with van der Waals surface area (Å²) in [5.74, 6) is 1.01. The van der Waals surface area contributed by atoms with Crippen molar-refractivity contribution in [3.8, 4) is 0 Å². The number of hydrogen-bond acceptors (Lipinski definition) is 2. The highest BCUT2D eigenvalue weighted by atomic mass is 15.3. The Hall–Kier alpha value is -1.58. The monoisotopic (exact) mass is 302 g/mol. The van der Waals surface area contributed by atoms with E-state index in [1.165, 1.54) is 31.2 Å². The van der Waals surface area contributed by atoms with Crippen molar-refractivity contribution < 1.29 is 0 Å². The molecule has 1 fully saturated rings. The molecule has 1 atom stereocenters. The van der Waals surface area contributed by atoms with Crippen molar-refractivity contribution in [3.05, 3.63) is 29.6 Å². The van der Waals surface area contributed by atoms with Gasteiger partial charge < -0.3 is 10.2 Å². The number of aromatic nitrogens is 1. The highest BCUT2D eigenvalue weighted by molar-refractivity contribution is 5.80. The number of hydrogen-bond donors (Lipinski definition) is 1. The van der Waals surface area contributed by atoms with Gasteiger partial charge in [0.25, 0.3) is 0 Å². The topological polar surface area (TPSA) is 40.5 Å². The minimum absolute atomic E-state index is 0.422. The first-order valence-corrected chi connectivity index (χ1v) is 8.44. The Morgan fingerprint density at radius 3 is 3.00 bits per heavy atom. The van der Waals surface area contributed by atoms with E-state index in [0.29, 0.717) is 5.41 Å². The lowest BCUT2D eigenvalue weighted by atomic mass is 9.78. The van der Waals surface area contributed by atoms with Gasteiger partial charge in [0, 0.05) is 26.3 Å². The molecule has 1 aromatic heterocycles. The van der Waals surface area contributed by atoms with Gasteiger partial charge in [-0.15, -0.1) is 0 Å². The standard InChI is InChI=1S/C18H30N4/c1-5-9-18(3)10-7-12-22(14-18)17(19-4)21-13-16-15(2)8-6-11-20-16/h6,8,11H,5,7,9-10,12-14H2,1-4H3,(H,19,21). The predicted octanol–water partition coefficient (Wildman–Crippen LogP) is 3.37. The van der Waals surface area contributed by atoms with Crippen LogP contribution in [0.3, 0.4) is 0 Å². The summed E-state index contributed by atoms with van der Waals surface area (Å²) in [5.41, 5.74) is 2.74. The van der Waals surface area contributed by atoms with Crippen molar-refractivity contribution in [2.45, 2.75) is 53.0 Å². The first-order valence-electron chi connectivity index (χ1n) is 8.44. The van der Waals surface area contributed by atoms with E-state index < -0.39 is 0 Å². The third-order valence-electron chi connectivity index (χ3n) is 4.68. The lowest BCUT2D eigenvalue weighted by Gasteiger charge is -2.42. The van der Waals surface area contributed by atoms with Gasteiger partial charge in [0.2, 0.25) is 0 Å². The molecule has 0 bridgehead atoms. The molecule has 0 radical (unpaired) electrons. The van der Waals surface area contributed by atoms with Crippen molar-refractivity contribution in [3.63, 3.8) is 0 Å². The van der Waals surface area contributed by atoms with Gasteiger partial charge in [0.1, 0.15) is 0 Å². The number of nitrogens with zero attached hydrogens (tertiary/aromatic N) is 3. The Kier molecular flexibility index (Phi) is 5.81. The second kappa shape index (κ2) is 7.61. The van der Waals surface area contributed by atoms with E-state index >= 15 is 0 Å². The van der Waals surface area contributed by atoms with Crippen LogP contribution in [-0.2, 0) is 6.54 Å². The minimum Gasteiger partial charge on any atom is -0.351 e. The van der Waals surface area contributed by atoms with Crippen LogP contribution in [0.15, 0.2) is 23.3 Å². The second-order valence-electron chi connectivity index (χ2n) is 6.75. The molecule has 1 unspecified atom stereocenters. The van der Waals surface area contributed by atoms with Crippen LogP contribution in [0.5, 0.6) is 0 Å². The van der Waals surface area contributed by atoms with Crippen molar-refractivity contribution in [2.24, 2.45) is 10.4 Å². The summed E-state index contributed by atoms with van der Waals surface area (Å²) >= 11 is 0. The molecule has 0 aliphatic carbocycles. The van der Waals surface area contributed by atoms with Gasteiger partial charge in [-0.2, -0.15) is 0 Å². The number of likely N-dealkylation sites (tertiary alicyclic amines) is 1. The summed E-state index contributed by atoms with van der Waals surface area (Å²) in [5, 5.41) is 3.49. The highest BCUT2D eigenvalue weighted by Crippen LogP contribution is 2.33. The minimum atomic E-state index is 0.422. The maximum atomic E-state index is 4.49. The molecule has 22 heavy (non-hydrogen) atoms. The maximum Gasteiger partial charge on any atom is 0.193 e. The van der Waals surface area contributed by atoms with Gasteiger partial charge in [0.15, 0.2) is 5.96 Å². The largest absolute Gasteiger partial charge is 0.351 e. The Morgan fingerprint density at radius 1 is 1.50 bits per heavy atom. The van der Waals surface area contributed by atoms with Crippen LogP contribution >= 0.6 is 0 Å². The fraction of sp³-hybridized carbons (Fsp3) is 0.667. The Bertz CT molecular complexity index is 508. The zero-order valence-corrected chi connectivity index (χ0v) is 14.5. The molecule has 1 N–H and O–H groups in total. The quantitative estimate of drug-likeness (QED) is 0.685. The summed E-state index contributed by atoms with van der Waals surface area (Å²) in [6.45, 7) is 9.73. The average Bonchev–Trinajstić information content (AvgIpc) is 2.49. The third kappa shape index (κ3) is 4.21. The highest BCUT2D eigenvalue weighted by Gasteiger charge is 2.31. The number of aliphatic imine (C=N–C) groups is 1. The fourth-order valence-corrected chi connectivity index (χ4v) is 3.50. The molecule has 4 heteroatoms. The molecule has 1 aliphatic heterocycles. The van der Waals surface area contributed by atoms with Gasteiger partial charge in [-0.3, -0.25) is 9.98 Å². The van der Waals surface area contributed by atoms with Gasteiger partial charge in [-0.05, 0) is 43.2 Å². The number of guanidine groups is 1. The molecule has 0 saturated carbocycles. The Morgan fingerprint density at radius 2 is 2.32 bits per heavy atom. The van der Waals surface area contributed by atoms with Crippen molar-refractivity contribution in [1.29, 1.82) is 0 Å². The lowest BCUT2D eigenvalue weighted by Crippen LogP contribution is -2.49. The number of aryl methyl sites for hydroxylation is 1. The van der Waals surface area contributed by atoms with Crippen molar-refractivity contribution >= 4 is 5.96 Å². The van der Waals surface area contributed by atoms with Crippen LogP contribution in [0.4, 0.5) is 0 Å². The fourth-order valence-electron chi connectivity index (χ4n) is 3.50. The van der Waals surface area contributed by atoms with E-state index in [1.807, 2.05) is 19.3 Å². The van der Waals surface area contributed by atoms with Crippen molar-refractivity contribution in [2.75, 3.05) is 20.1 Å². The lowest BCUT2D eigenvalue weighted by molar-refractivity contribution is 0.142. The smallest absolute Gasteiger partial charge is 0.193 e. The number of piperidine rings is 1. The summed E-state index contributed by atoms with van der Waals surface area (Å²) in [6.07, 6.45) is 6.98. The normalized spacial score (nSPS) is 22.7. The SMILES string of the molecule is CCCC1(C)CCCN(C(=NC)NCc2ncccc2C)C1. The van der Waals surface area contributed by atoms with E-state index in [2.05, 4.69) is 47.0 Å². The molecular formula is C18H30N4. The van der Waals surface area contributed by atoms with Gasteiger partial charge in [-0.1, -0.05) is 26.3 Å². The second-order valence-corrected chi connectivity index (χ2v) is 6.75. The van der Waals surface area contributed by atoms with Crippen LogP contribution < -0.4 is 5.32 Å². The van der Waals surface area contributed by atoms with Crippen molar-refractivity contribution in [1.82, 2.24) is 15.2 Å². The van der Waals surface area contributed by atoms with E-state index in [9.17, 15) is 0 Å². The number of nitrogens with one attached hydrogen (secondary N) is 1. The summed E-state index contributed by atoms with van der Waals surface area (Å²) in [4.78, 5) is 11.4. The van der Waals surface area contributed by atoms with Gasteiger partial charge in [0.05, 0.1) is 12.2 Å². The summed E-state index contributed by atoms with van der Waals surface area (Å²) in [7, 11) is 1.87. The van der Waals surface area contributed by atoms with Crippen LogP contribution in [0.1, 0.15) is 50.8 Å². The molecule has 4 nitrogen and oxygen atoms in total. The van der Waals surface area contributed by atoms with Crippen LogP contribution in [0.2, 0.25) is 0 Å². The van der Waals surface area contributed by atoms with E-state index in [-0.39, 0.29) is 0 Å². The Labute approximate surface area is 135 Å². The third-order valence-corrected chi connectivity index (χ3v) is 4.68. The van der Waals surface area contributed by atoms with E-state index in [0.717, 1.165) is 31.3 Å². The Balaban J connectivity index is 1.98. The molecule has 0 spiro atoms. The number of rotatable bonds is 4. The molecule has 1 saturated heterocycles. The first-order chi connectivity index (χ1) is 10.6. The molecule has 1 aromatic rings. The van der Waals surface area contributed by atoms with Gasteiger partial charge >= 0.3 is 0 Å².